The van der Waals surface area contributed by atoms with E-state index < -0.39 is 24.3 Å². The third-order valence-electron chi connectivity index (χ3n) is 5.11. The smallest absolute Gasteiger partial charge is 0.490 e. The van der Waals surface area contributed by atoms with Gasteiger partial charge in [-0.05, 0) is 23.8 Å². The molecule has 1 aliphatic rings. The minimum atomic E-state index is -5.08. The molecule has 42 heavy (non-hydrogen) atoms. The van der Waals surface area contributed by atoms with Gasteiger partial charge in [-0.15, -0.1) is 20.4 Å². The predicted octanol–water partition coefficient (Wildman–Crippen LogP) is 2.28. The van der Waals surface area contributed by atoms with Gasteiger partial charge < -0.3 is 25.5 Å². The molecule has 3 aromatic rings. The van der Waals surface area contributed by atoms with Gasteiger partial charge >= 0.3 is 24.3 Å². The fourth-order valence-corrected chi connectivity index (χ4v) is 3.37. The van der Waals surface area contributed by atoms with Crippen LogP contribution in [-0.2, 0) is 16.6 Å². The van der Waals surface area contributed by atoms with Crippen LogP contribution in [0.5, 0.6) is 5.75 Å². The Labute approximate surface area is 233 Å². The Morgan fingerprint density at radius 2 is 1.62 bits per heavy atom. The molecule has 20 heteroatoms. The van der Waals surface area contributed by atoms with E-state index in [1.165, 1.54) is 4.80 Å². The monoisotopic (exact) mass is 609 g/mol. The van der Waals surface area contributed by atoms with Gasteiger partial charge in [0.15, 0.2) is 0 Å². The molecule has 1 unspecified atom stereocenters. The number of aryl methyl sites for hydroxylation is 1. The fourth-order valence-electron chi connectivity index (χ4n) is 3.37. The van der Waals surface area contributed by atoms with Crippen molar-refractivity contribution in [3.63, 3.8) is 0 Å². The van der Waals surface area contributed by atoms with Crippen LogP contribution in [0.4, 0.5) is 32.3 Å². The second kappa shape index (κ2) is 13.8. The topological polar surface area (TPSA) is 192 Å². The van der Waals surface area contributed by atoms with Crippen LogP contribution in [0.25, 0.3) is 22.6 Å². The summed E-state index contributed by atoms with van der Waals surface area (Å²) >= 11 is 0. The van der Waals surface area contributed by atoms with Gasteiger partial charge in [0.25, 0.3) is 0 Å². The molecule has 2 aromatic heterocycles. The zero-order chi connectivity index (χ0) is 31.8. The molecular weight excluding hydrogens is 584 g/mol. The lowest BCUT2D eigenvalue weighted by molar-refractivity contribution is -0.193. The Morgan fingerprint density at radius 3 is 2.05 bits per heavy atom. The molecule has 3 heterocycles. The van der Waals surface area contributed by atoms with Crippen LogP contribution in [0.3, 0.4) is 0 Å². The number of carboxylic acid groups (broad SMARTS) is 2. The lowest BCUT2D eigenvalue weighted by Crippen LogP contribution is -2.37. The Morgan fingerprint density at radius 1 is 1.02 bits per heavy atom. The van der Waals surface area contributed by atoms with Crippen LogP contribution >= 0.6 is 0 Å². The zero-order valence-electron chi connectivity index (χ0n) is 22.1. The first-order chi connectivity index (χ1) is 19.4. The summed E-state index contributed by atoms with van der Waals surface area (Å²) in [5, 5.41) is 48.6. The SMILES string of the molecule is CC(C)NC1CCN(c2ncc(-c3ccc(-c4nnn(C)n4)cc3O)nn2)C1.O=C(O)C(F)(F)F.O=C(O)C(F)(F)F. The lowest BCUT2D eigenvalue weighted by Gasteiger charge is -2.18. The van der Waals surface area contributed by atoms with Crippen LogP contribution < -0.4 is 10.2 Å². The molecule has 14 nitrogen and oxygen atoms in total. The molecule has 1 atom stereocenters. The van der Waals surface area contributed by atoms with Crippen molar-refractivity contribution in [3.05, 3.63) is 24.4 Å². The molecular formula is C22H25F6N9O5. The Hall–Kier alpha value is -4.62. The molecule has 0 bridgehead atoms. The first-order valence-corrected chi connectivity index (χ1v) is 11.8. The normalized spacial score (nSPS) is 15.0. The minimum Gasteiger partial charge on any atom is -0.507 e. The molecule has 1 saturated heterocycles. The lowest BCUT2D eigenvalue weighted by atomic mass is 10.1. The van der Waals surface area contributed by atoms with Crippen LogP contribution in [0.2, 0.25) is 0 Å². The van der Waals surface area contributed by atoms with E-state index in [9.17, 15) is 31.4 Å². The van der Waals surface area contributed by atoms with Crippen molar-refractivity contribution < 1.29 is 51.3 Å². The van der Waals surface area contributed by atoms with E-state index in [2.05, 4.69) is 54.7 Å². The summed E-state index contributed by atoms with van der Waals surface area (Å²) in [5.74, 6) is -4.39. The maximum absolute atomic E-state index is 10.6. The highest BCUT2D eigenvalue weighted by atomic mass is 19.4. The van der Waals surface area contributed by atoms with Gasteiger partial charge in [0, 0.05) is 36.3 Å². The van der Waals surface area contributed by atoms with Crippen molar-refractivity contribution in [1.82, 2.24) is 40.7 Å². The summed E-state index contributed by atoms with van der Waals surface area (Å²) in [7, 11) is 1.69. The average Bonchev–Trinajstić information content (AvgIpc) is 3.52. The summed E-state index contributed by atoms with van der Waals surface area (Å²) in [6, 6.07) is 6.05. The number of anilines is 1. The molecule has 4 N–H and O–H groups in total. The van der Waals surface area contributed by atoms with Crippen molar-refractivity contribution in [2.24, 2.45) is 7.05 Å². The van der Waals surface area contributed by atoms with Gasteiger partial charge in [0.2, 0.25) is 11.8 Å². The Kier molecular flexibility index (Phi) is 11.1. The van der Waals surface area contributed by atoms with Crippen molar-refractivity contribution in [2.45, 2.75) is 44.7 Å². The molecule has 230 valence electrons. The predicted molar refractivity (Wildman–Crippen MR) is 131 cm³/mol. The first-order valence-electron chi connectivity index (χ1n) is 11.8. The van der Waals surface area contributed by atoms with Crippen molar-refractivity contribution in [3.8, 4) is 28.4 Å². The van der Waals surface area contributed by atoms with Crippen molar-refractivity contribution in [1.29, 1.82) is 0 Å². The second-order valence-corrected chi connectivity index (χ2v) is 8.84. The van der Waals surface area contributed by atoms with Crippen LogP contribution in [0, 0.1) is 0 Å². The Balaban J connectivity index is 0.000000367. The number of aliphatic carboxylic acids is 2. The van der Waals surface area contributed by atoms with E-state index in [1.54, 1.807) is 25.4 Å². The number of carboxylic acids is 2. The van der Waals surface area contributed by atoms with E-state index in [0.29, 0.717) is 40.7 Å². The maximum atomic E-state index is 10.6. The molecule has 1 aromatic carbocycles. The number of hydrogen-bond donors (Lipinski definition) is 4. The van der Waals surface area contributed by atoms with Crippen LogP contribution in [-0.4, -0.2) is 100 Å². The number of benzene rings is 1. The van der Waals surface area contributed by atoms with Gasteiger partial charge in [-0.1, -0.05) is 19.9 Å². The molecule has 0 spiro atoms. The maximum Gasteiger partial charge on any atom is 0.490 e. The quantitative estimate of drug-likeness (QED) is 0.308. The van der Waals surface area contributed by atoms with Gasteiger partial charge in [-0.3, -0.25) is 0 Å². The number of carbonyl (C=O) groups is 2. The molecule has 0 radical (unpaired) electrons. The van der Waals surface area contributed by atoms with E-state index in [-0.39, 0.29) is 5.75 Å². The number of phenolic OH excluding ortho intramolecular Hbond substituents is 1. The number of aromatic hydroxyl groups is 1. The highest BCUT2D eigenvalue weighted by molar-refractivity contribution is 5.73. The van der Waals surface area contributed by atoms with Crippen LogP contribution in [0.15, 0.2) is 24.4 Å². The largest absolute Gasteiger partial charge is 0.507 e. The van der Waals surface area contributed by atoms with Crippen LogP contribution in [0.1, 0.15) is 20.3 Å². The highest BCUT2D eigenvalue weighted by Gasteiger charge is 2.38. The number of nitrogens with zero attached hydrogens (tertiary/aromatic N) is 8. The number of tetrazole rings is 1. The number of alkyl halides is 6. The highest BCUT2D eigenvalue weighted by Crippen LogP contribution is 2.31. The number of aromatic nitrogens is 7. The molecule has 0 aliphatic carbocycles. The zero-order valence-corrected chi connectivity index (χ0v) is 22.1. The second-order valence-electron chi connectivity index (χ2n) is 8.84. The standard InChI is InChI=1S/C18H23N9O.2C2HF3O2/c1-11(2)20-13-6-7-27(10-13)18-19-9-15(21-23-18)14-5-4-12(8-16(14)28)17-22-25-26(3)24-17;2*3-2(4,5)1(6)7/h4-5,8-9,11,13,20,28H,6-7,10H2,1-3H3;2*(H,6,7). The fraction of sp³-hybridized carbons (Fsp3) is 0.455. The van der Waals surface area contributed by atoms with E-state index in [1.807, 2.05) is 6.07 Å². The number of phenols is 1. The molecule has 0 saturated carbocycles. The number of rotatable bonds is 5. The first kappa shape index (κ1) is 33.6. The van der Waals surface area contributed by atoms with Gasteiger partial charge in [0.05, 0.1) is 13.2 Å². The molecule has 4 rings (SSSR count). The minimum absolute atomic E-state index is 0.0659. The summed E-state index contributed by atoms with van der Waals surface area (Å²) in [4.78, 5) is 25.7. The summed E-state index contributed by atoms with van der Waals surface area (Å²) < 4.78 is 63.5. The van der Waals surface area contributed by atoms with Crippen molar-refractivity contribution >= 4 is 17.9 Å². The summed E-state index contributed by atoms with van der Waals surface area (Å²) in [6.45, 7) is 6.06. The third-order valence-corrected chi connectivity index (χ3v) is 5.11. The summed E-state index contributed by atoms with van der Waals surface area (Å²) in [6.07, 6.45) is -7.47. The van der Waals surface area contributed by atoms with Crippen molar-refractivity contribution in [2.75, 3.05) is 18.0 Å². The molecule has 0 amide bonds. The molecule has 1 aliphatic heterocycles. The van der Waals surface area contributed by atoms with Gasteiger partial charge in [-0.25, -0.2) is 14.6 Å². The van der Waals surface area contributed by atoms with Gasteiger partial charge in [-0.2, -0.15) is 31.1 Å². The van der Waals surface area contributed by atoms with E-state index in [4.69, 9.17) is 19.8 Å². The van der Waals surface area contributed by atoms with E-state index in [0.717, 1.165) is 19.5 Å². The van der Waals surface area contributed by atoms with Gasteiger partial charge in [0.1, 0.15) is 11.4 Å². The third kappa shape index (κ3) is 10.1. The molecule has 1 fully saturated rings. The number of halogens is 6. The van der Waals surface area contributed by atoms with E-state index >= 15 is 0 Å². The Bertz CT molecular complexity index is 1330. The number of nitrogens with one attached hydrogen (secondary N) is 1. The average molecular weight is 609 g/mol. The number of hydrogen-bond acceptors (Lipinski definition) is 11. The summed E-state index contributed by atoms with van der Waals surface area (Å²) in [5.41, 5.74) is 1.74.